The average molecular weight is 284 g/mol. The summed E-state index contributed by atoms with van der Waals surface area (Å²) in [4.78, 5) is 8.15. The summed E-state index contributed by atoms with van der Waals surface area (Å²) >= 11 is 1.71. The van der Waals surface area contributed by atoms with Crippen molar-refractivity contribution in [2.24, 2.45) is 0 Å². The maximum absolute atomic E-state index is 10.7. The molecule has 0 aliphatic rings. The summed E-state index contributed by atoms with van der Waals surface area (Å²) in [5.74, 6) is 0. The van der Waals surface area contributed by atoms with Crippen LogP contribution in [0, 0.1) is 13.8 Å². The molecule has 0 radical (unpaired) electrons. The molecule has 1 aromatic rings. The molecule has 0 aliphatic carbocycles. The van der Waals surface area contributed by atoms with Crippen molar-refractivity contribution in [2.75, 3.05) is 13.1 Å². The molecule has 0 aromatic carbocycles. The van der Waals surface area contributed by atoms with Crippen LogP contribution in [-0.2, 0) is 6.42 Å². The molecule has 4 heteroatoms. The molecular formula is C15H28N2OS. The molecule has 1 heterocycles. The van der Waals surface area contributed by atoms with E-state index in [4.69, 9.17) is 0 Å². The highest BCUT2D eigenvalue weighted by Crippen LogP contribution is 2.27. The quantitative estimate of drug-likeness (QED) is 0.835. The molecule has 1 aromatic heterocycles. The zero-order chi connectivity index (χ0) is 14.6. The van der Waals surface area contributed by atoms with E-state index in [1.54, 1.807) is 11.3 Å². The summed E-state index contributed by atoms with van der Waals surface area (Å²) in [5, 5.41) is 11.7. The fourth-order valence-corrected chi connectivity index (χ4v) is 3.60. The number of aryl methyl sites for hydroxylation is 2. The van der Waals surface area contributed by atoms with E-state index in [2.05, 4.69) is 44.5 Å². The molecule has 2 unspecified atom stereocenters. The van der Waals surface area contributed by atoms with Crippen molar-refractivity contribution in [3.8, 4) is 0 Å². The maximum atomic E-state index is 10.7. The highest BCUT2D eigenvalue weighted by Gasteiger charge is 2.36. The van der Waals surface area contributed by atoms with Crippen molar-refractivity contribution in [3.63, 3.8) is 0 Å². The molecule has 19 heavy (non-hydrogen) atoms. The molecule has 1 rings (SSSR count). The molecule has 0 saturated heterocycles. The molecule has 0 bridgehead atoms. The Balaban J connectivity index is 2.86. The number of nitrogens with zero attached hydrogens (tertiary/aromatic N) is 2. The fourth-order valence-electron chi connectivity index (χ4n) is 2.63. The van der Waals surface area contributed by atoms with Crippen LogP contribution >= 0.6 is 11.3 Å². The summed E-state index contributed by atoms with van der Waals surface area (Å²) in [6, 6.07) is 0. The number of hydrogen-bond donors (Lipinski definition) is 1. The molecule has 2 atom stereocenters. The van der Waals surface area contributed by atoms with Crippen LogP contribution in [0.5, 0.6) is 0 Å². The zero-order valence-electron chi connectivity index (χ0n) is 13.2. The minimum Gasteiger partial charge on any atom is -0.391 e. The third kappa shape index (κ3) is 3.56. The van der Waals surface area contributed by atoms with Crippen LogP contribution in [-0.4, -0.2) is 39.7 Å². The summed E-state index contributed by atoms with van der Waals surface area (Å²) < 4.78 is 0. The van der Waals surface area contributed by atoms with Gasteiger partial charge in [-0.2, -0.15) is 0 Å². The van der Waals surface area contributed by atoms with Gasteiger partial charge in [-0.15, -0.1) is 11.3 Å². The molecule has 3 nitrogen and oxygen atoms in total. The number of hydrogen-bond acceptors (Lipinski definition) is 4. The van der Waals surface area contributed by atoms with Crippen LogP contribution in [0.2, 0.25) is 0 Å². The molecular weight excluding hydrogens is 256 g/mol. The van der Waals surface area contributed by atoms with Gasteiger partial charge in [-0.25, -0.2) is 4.98 Å². The summed E-state index contributed by atoms with van der Waals surface area (Å²) in [5.41, 5.74) is 0.921. The van der Waals surface area contributed by atoms with Gasteiger partial charge in [0, 0.05) is 16.8 Å². The Hall–Kier alpha value is -0.450. The molecule has 1 N–H and O–H groups in total. The topological polar surface area (TPSA) is 36.4 Å². The lowest BCUT2D eigenvalue weighted by Crippen LogP contribution is -2.54. The predicted molar refractivity (Wildman–Crippen MR) is 82.9 cm³/mol. The Morgan fingerprint density at radius 3 is 2.21 bits per heavy atom. The van der Waals surface area contributed by atoms with E-state index in [0.29, 0.717) is 6.42 Å². The number of aliphatic hydroxyl groups is 1. The number of likely N-dealkylation sites (N-methyl/N-ethyl adjacent to an activating group) is 1. The second-order valence-electron chi connectivity index (χ2n) is 5.35. The molecule has 0 spiro atoms. The smallest absolute Gasteiger partial charge is 0.0957 e. The fraction of sp³-hybridized carbons (Fsp3) is 0.800. The first-order valence-electron chi connectivity index (χ1n) is 7.25. The lowest BCUT2D eigenvalue weighted by atomic mass is 9.87. The average Bonchev–Trinajstić information content (AvgIpc) is 2.69. The minimum absolute atomic E-state index is 0.170. The van der Waals surface area contributed by atoms with E-state index < -0.39 is 0 Å². The van der Waals surface area contributed by atoms with Gasteiger partial charge in [-0.1, -0.05) is 20.8 Å². The molecule has 0 aliphatic heterocycles. The third-order valence-electron chi connectivity index (χ3n) is 4.36. The van der Waals surface area contributed by atoms with Crippen molar-refractivity contribution < 1.29 is 5.11 Å². The van der Waals surface area contributed by atoms with Gasteiger partial charge in [-0.05, 0) is 40.3 Å². The number of thiazole rings is 1. The van der Waals surface area contributed by atoms with E-state index in [1.807, 2.05) is 6.92 Å². The van der Waals surface area contributed by atoms with Crippen molar-refractivity contribution >= 4 is 11.3 Å². The lowest BCUT2D eigenvalue weighted by molar-refractivity contribution is -0.0190. The van der Waals surface area contributed by atoms with Crippen molar-refractivity contribution in [3.05, 3.63) is 15.6 Å². The largest absolute Gasteiger partial charge is 0.391 e. The number of aromatic nitrogens is 1. The standard InChI is InChI=1S/C15H28N2OS/c1-7-15(6,17(8-2)9-3)13(18)10-14-16-11(4)12(5)19-14/h13,18H,7-10H2,1-6H3. The van der Waals surface area contributed by atoms with Gasteiger partial charge in [-0.3, -0.25) is 4.90 Å². The summed E-state index contributed by atoms with van der Waals surface area (Å²) in [6.07, 6.45) is 1.22. The van der Waals surface area contributed by atoms with Crippen LogP contribution in [0.3, 0.4) is 0 Å². The second-order valence-corrected chi connectivity index (χ2v) is 6.64. The van der Waals surface area contributed by atoms with E-state index in [-0.39, 0.29) is 11.6 Å². The normalized spacial score (nSPS) is 16.6. The summed E-state index contributed by atoms with van der Waals surface area (Å²) in [6.45, 7) is 14.7. The third-order valence-corrected chi connectivity index (χ3v) is 5.46. The Bertz CT molecular complexity index is 381. The second kappa shape index (κ2) is 6.82. The first-order valence-corrected chi connectivity index (χ1v) is 8.06. The molecule has 0 saturated carbocycles. The van der Waals surface area contributed by atoms with E-state index in [9.17, 15) is 5.11 Å². The van der Waals surface area contributed by atoms with Gasteiger partial charge in [0.1, 0.15) is 0 Å². The monoisotopic (exact) mass is 284 g/mol. The Morgan fingerprint density at radius 1 is 1.26 bits per heavy atom. The first kappa shape index (κ1) is 16.6. The van der Waals surface area contributed by atoms with Crippen molar-refractivity contribution in [2.45, 2.75) is 66.0 Å². The maximum Gasteiger partial charge on any atom is 0.0957 e. The molecule has 0 fully saturated rings. The highest BCUT2D eigenvalue weighted by molar-refractivity contribution is 7.11. The Kier molecular flexibility index (Phi) is 5.96. The van der Waals surface area contributed by atoms with Gasteiger partial charge >= 0.3 is 0 Å². The van der Waals surface area contributed by atoms with Gasteiger partial charge in [0.25, 0.3) is 0 Å². The highest BCUT2D eigenvalue weighted by atomic mass is 32.1. The lowest BCUT2D eigenvalue weighted by Gasteiger charge is -2.43. The van der Waals surface area contributed by atoms with Gasteiger partial charge in [0.2, 0.25) is 0 Å². The molecule has 110 valence electrons. The van der Waals surface area contributed by atoms with Crippen LogP contribution in [0.1, 0.15) is 49.7 Å². The van der Waals surface area contributed by atoms with Gasteiger partial charge in [0.05, 0.1) is 16.8 Å². The molecule has 0 amide bonds. The van der Waals surface area contributed by atoms with Gasteiger partial charge in [0.15, 0.2) is 0 Å². The predicted octanol–water partition coefficient (Wildman–Crippen LogP) is 3.17. The number of rotatable bonds is 7. The zero-order valence-corrected chi connectivity index (χ0v) is 14.0. The Morgan fingerprint density at radius 2 is 1.84 bits per heavy atom. The van der Waals surface area contributed by atoms with Crippen LogP contribution in [0.15, 0.2) is 0 Å². The number of aliphatic hydroxyl groups excluding tert-OH is 1. The van der Waals surface area contributed by atoms with Crippen molar-refractivity contribution in [1.29, 1.82) is 0 Å². The van der Waals surface area contributed by atoms with E-state index in [1.165, 1.54) is 4.88 Å². The first-order chi connectivity index (χ1) is 8.88. The minimum atomic E-state index is -0.373. The van der Waals surface area contributed by atoms with Crippen molar-refractivity contribution in [1.82, 2.24) is 9.88 Å². The Labute approximate surface area is 121 Å². The van der Waals surface area contributed by atoms with Gasteiger partial charge < -0.3 is 5.11 Å². The van der Waals surface area contributed by atoms with Crippen LogP contribution in [0.4, 0.5) is 0 Å². The van der Waals surface area contributed by atoms with Crippen LogP contribution in [0.25, 0.3) is 0 Å². The van der Waals surface area contributed by atoms with E-state index in [0.717, 1.165) is 30.2 Å². The summed E-state index contributed by atoms with van der Waals surface area (Å²) in [7, 11) is 0. The SMILES string of the molecule is CCN(CC)C(C)(CC)C(O)Cc1nc(C)c(C)s1. The van der Waals surface area contributed by atoms with Crippen LogP contribution < -0.4 is 0 Å². The van der Waals surface area contributed by atoms with E-state index >= 15 is 0 Å².